The largest absolute Gasteiger partial charge is 0.464 e. The second-order valence-electron chi connectivity index (χ2n) is 8.44. The number of carbonyl (C=O) groups is 2. The van der Waals surface area contributed by atoms with Gasteiger partial charge in [-0.05, 0) is 31.5 Å². The lowest BCUT2D eigenvalue weighted by Gasteiger charge is -2.14. The fourth-order valence-corrected chi connectivity index (χ4v) is 3.47. The van der Waals surface area contributed by atoms with Gasteiger partial charge in [0, 0.05) is 5.56 Å². The van der Waals surface area contributed by atoms with E-state index in [9.17, 15) is 27.2 Å². The number of unbranched alkanes of at least 4 members (excludes halogenated alkanes) is 11. The maximum atomic E-state index is 13.6. The highest BCUT2D eigenvalue weighted by Crippen LogP contribution is 2.31. The Bertz CT molecular complexity index is 722. The van der Waals surface area contributed by atoms with Gasteiger partial charge in [-0.25, -0.2) is 9.18 Å². The predicted octanol–water partition coefficient (Wildman–Crippen LogP) is 7.21. The number of ether oxygens (including phenoxy) is 1. The molecule has 1 unspecified atom stereocenters. The molecule has 0 saturated heterocycles. The molecule has 0 heterocycles. The monoisotopic (exact) mass is 475 g/mol. The third kappa shape index (κ3) is 12.1. The van der Waals surface area contributed by atoms with Crippen LogP contribution in [0.1, 0.15) is 107 Å². The zero-order chi connectivity index (χ0) is 24.7. The lowest BCUT2D eigenvalue weighted by Crippen LogP contribution is -2.39. The molecule has 1 atom stereocenters. The molecule has 0 aliphatic rings. The summed E-state index contributed by atoms with van der Waals surface area (Å²) >= 11 is 0. The van der Waals surface area contributed by atoms with Crippen molar-refractivity contribution in [2.24, 2.45) is 0 Å². The summed E-state index contributed by atoms with van der Waals surface area (Å²) in [5.74, 6) is -3.03. The first kappa shape index (κ1) is 28.9. The maximum Gasteiger partial charge on any atom is 0.419 e. The first-order valence-corrected chi connectivity index (χ1v) is 12.0. The van der Waals surface area contributed by atoms with Crippen molar-refractivity contribution in [1.29, 1.82) is 0 Å². The normalized spacial score (nSPS) is 12.4. The van der Waals surface area contributed by atoms with Crippen LogP contribution in [-0.2, 0) is 15.7 Å². The van der Waals surface area contributed by atoms with Gasteiger partial charge in [0.1, 0.15) is 11.9 Å². The number of rotatable bonds is 16. The number of amides is 1. The van der Waals surface area contributed by atoms with Crippen LogP contribution in [0.4, 0.5) is 17.6 Å². The van der Waals surface area contributed by atoms with Gasteiger partial charge in [0.05, 0.1) is 12.2 Å². The van der Waals surface area contributed by atoms with Crippen LogP contribution in [0.2, 0.25) is 0 Å². The summed E-state index contributed by atoms with van der Waals surface area (Å²) in [6.45, 7) is 3.86. The van der Waals surface area contributed by atoms with E-state index < -0.39 is 35.5 Å². The SMILES string of the molecule is CCCCCCCCCCCCCCOC(=O)C(C)NC(=O)c1ccc(C(F)(F)F)c(F)c1. The fraction of sp³-hybridized carbons (Fsp3) is 0.680. The standard InChI is InChI=1S/C25H37F4NO3/c1-3-4-5-6-7-8-9-10-11-12-13-14-17-33-24(32)19(2)30-23(31)20-15-16-21(22(26)18-20)25(27,28)29/h15-16,18-19H,3-14,17H2,1-2H3,(H,30,31). The van der Waals surface area contributed by atoms with Gasteiger partial charge in [-0.2, -0.15) is 13.2 Å². The molecule has 1 amide bonds. The van der Waals surface area contributed by atoms with Gasteiger partial charge in [-0.3, -0.25) is 4.79 Å². The molecule has 0 spiro atoms. The van der Waals surface area contributed by atoms with Crippen molar-refractivity contribution in [3.05, 3.63) is 35.1 Å². The minimum Gasteiger partial charge on any atom is -0.464 e. The summed E-state index contributed by atoms with van der Waals surface area (Å²) in [6, 6.07) is 0.870. The van der Waals surface area contributed by atoms with Crippen molar-refractivity contribution in [2.75, 3.05) is 6.61 Å². The zero-order valence-electron chi connectivity index (χ0n) is 19.7. The van der Waals surface area contributed by atoms with E-state index in [1.807, 2.05) is 0 Å². The maximum absolute atomic E-state index is 13.6. The molecular weight excluding hydrogens is 438 g/mol. The summed E-state index contributed by atoms with van der Waals surface area (Å²) in [4.78, 5) is 24.1. The predicted molar refractivity (Wildman–Crippen MR) is 120 cm³/mol. The number of alkyl halides is 3. The highest BCUT2D eigenvalue weighted by Gasteiger charge is 2.34. The van der Waals surface area contributed by atoms with E-state index in [0.29, 0.717) is 12.1 Å². The molecule has 1 rings (SSSR count). The van der Waals surface area contributed by atoms with E-state index >= 15 is 0 Å². The molecule has 4 nitrogen and oxygen atoms in total. The van der Waals surface area contributed by atoms with Crippen molar-refractivity contribution in [2.45, 2.75) is 103 Å². The average molecular weight is 476 g/mol. The number of hydrogen-bond acceptors (Lipinski definition) is 3. The van der Waals surface area contributed by atoms with Gasteiger partial charge >= 0.3 is 12.1 Å². The molecule has 0 aliphatic carbocycles. The fourth-order valence-electron chi connectivity index (χ4n) is 3.47. The van der Waals surface area contributed by atoms with Gasteiger partial charge in [0.2, 0.25) is 0 Å². The van der Waals surface area contributed by atoms with Gasteiger partial charge in [-0.1, -0.05) is 77.6 Å². The van der Waals surface area contributed by atoms with E-state index in [0.717, 1.165) is 25.3 Å². The number of benzene rings is 1. The Morgan fingerprint density at radius 1 is 0.909 bits per heavy atom. The highest BCUT2D eigenvalue weighted by molar-refractivity contribution is 5.96. The van der Waals surface area contributed by atoms with Crippen LogP contribution in [-0.4, -0.2) is 24.5 Å². The topological polar surface area (TPSA) is 55.4 Å². The third-order valence-electron chi connectivity index (χ3n) is 5.48. The minimum absolute atomic E-state index is 0.241. The Labute approximate surface area is 194 Å². The summed E-state index contributed by atoms with van der Waals surface area (Å²) in [5.41, 5.74) is -1.75. The highest BCUT2D eigenvalue weighted by atomic mass is 19.4. The number of nitrogens with one attached hydrogen (secondary N) is 1. The lowest BCUT2D eigenvalue weighted by molar-refractivity contribution is -0.145. The number of carbonyl (C=O) groups excluding carboxylic acids is 2. The molecule has 0 radical (unpaired) electrons. The van der Waals surface area contributed by atoms with Crippen LogP contribution in [0.15, 0.2) is 18.2 Å². The molecule has 1 aromatic carbocycles. The van der Waals surface area contributed by atoms with Crippen LogP contribution >= 0.6 is 0 Å². The molecule has 8 heteroatoms. The molecule has 0 fully saturated rings. The molecule has 0 aromatic heterocycles. The van der Waals surface area contributed by atoms with Crippen LogP contribution in [0.25, 0.3) is 0 Å². The summed E-state index contributed by atoms with van der Waals surface area (Å²) < 4.78 is 56.6. The van der Waals surface area contributed by atoms with Crippen LogP contribution in [0, 0.1) is 5.82 Å². The number of halogens is 4. The van der Waals surface area contributed by atoms with E-state index in [1.54, 1.807) is 0 Å². The van der Waals surface area contributed by atoms with Crippen molar-refractivity contribution >= 4 is 11.9 Å². The smallest absolute Gasteiger partial charge is 0.419 e. The van der Waals surface area contributed by atoms with Gasteiger partial charge in [0.15, 0.2) is 0 Å². The van der Waals surface area contributed by atoms with Crippen LogP contribution in [0.3, 0.4) is 0 Å². The molecule has 0 saturated carbocycles. The molecule has 1 N–H and O–H groups in total. The Balaban J connectivity index is 2.16. The second kappa shape index (κ2) is 15.7. The first-order valence-electron chi connectivity index (χ1n) is 12.0. The van der Waals surface area contributed by atoms with E-state index in [-0.39, 0.29) is 12.2 Å². The summed E-state index contributed by atoms with van der Waals surface area (Å²) in [6.07, 6.45) is 9.46. The van der Waals surface area contributed by atoms with Crippen LogP contribution < -0.4 is 5.32 Å². The van der Waals surface area contributed by atoms with Gasteiger partial charge < -0.3 is 10.1 Å². The Morgan fingerprint density at radius 3 is 1.91 bits per heavy atom. The van der Waals surface area contributed by atoms with Crippen molar-refractivity contribution < 1.29 is 31.9 Å². The third-order valence-corrected chi connectivity index (χ3v) is 5.48. The molecule has 33 heavy (non-hydrogen) atoms. The van der Waals surface area contributed by atoms with Crippen molar-refractivity contribution in [3.63, 3.8) is 0 Å². The van der Waals surface area contributed by atoms with E-state index in [4.69, 9.17) is 4.74 Å². The van der Waals surface area contributed by atoms with Crippen molar-refractivity contribution in [1.82, 2.24) is 5.32 Å². The average Bonchev–Trinajstić information content (AvgIpc) is 2.75. The zero-order valence-corrected chi connectivity index (χ0v) is 19.7. The Morgan fingerprint density at radius 2 is 1.42 bits per heavy atom. The van der Waals surface area contributed by atoms with Gasteiger partial charge in [0.25, 0.3) is 5.91 Å². The molecule has 188 valence electrons. The van der Waals surface area contributed by atoms with Crippen LogP contribution in [0.5, 0.6) is 0 Å². The minimum atomic E-state index is -4.84. The second-order valence-corrected chi connectivity index (χ2v) is 8.44. The lowest BCUT2D eigenvalue weighted by atomic mass is 10.1. The number of esters is 1. The summed E-state index contributed by atoms with van der Waals surface area (Å²) in [5, 5.41) is 2.32. The Kier molecular flexibility index (Phi) is 13.7. The number of hydrogen-bond donors (Lipinski definition) is 1. The molecule has 1 aromatic rings. The van der Waals surface area contributed by atoms with Crippen molar-refractivity contribution in [3.8, 4) is 0 Å². The molecule has 0 aliphatic heterocycles. The first-order chi connectivity index (χ1) is 15.7. The van der Waals surface area contributed by atoms with Gasteiger partial charge in [-0.15, -0.1) is 0 Å². The molecular formula is C25H37F4NO3. The Hall–Kier alpha value is -2.12. The quantitative estimate of drug-likeness (QED) is 0.156. The van der Waals surface area contributed by atoms with E-state index in [1.165, 1.54) is 64.7 Å². The van der Waals surface area contributed by atoms with E-state index in [2.05, 4.69) is 12.2 Å². The molecule has 0 bridgehead atoms. The summed E-state index contributed by atoms with van der Waals surface area (Å²) in [7, 11) is 0.